The molecule has 1 fully saturated rings. The number of hydrogen-bond acceptors (Lipinski definition) is 3. The normalized spacial score (nSPS) is 18.2. The van der Waals surface area contributed by atoms with Crippen molar-refractivity contribution in [3.63, 3.8) is 0 Å². The summed E-state index contributed by atoms with van der Waals surface area (Å²) >= 11 is 0. The molecule has 0 amide bonds. The molecule has 1 saturated heterocycles. The fraction of sp³-hybridized carbons (Fsp3) is 0.706. The highest BCUT2D eigenvalue weighted by molar-refractivity contribution is 5.42. The maximum atomic E-state index is 4.50. The summed E-state index contributed by atoms with van der Waals surface area (Å²) in [5.74, 6) is 0.861. The molecule has 0 unspecified atom stereocenters. The van der Waals surface area contributed by atoms with Crippen molar-refractivity contribution in [2.75, 3.05) is 25.0 Å². The summed E-state index contributed by atoms with van der Waals surface area (Å²) < 4.78 is 0. The Labute approximate surface area is 123 Å². The van der Waals surface area contributed by atoms with Crippen LogP contribution >= 0.6 is 0 Å². The third-order valence-electron chi connectivity index (χ3n) is 4.40. The molecular formula is C17H29N3. The topological polar surface area (TPSA) is 28.2 Å². The Bertz CT molecular complexity index is 414. The zero-order valence-electron chi connectivity index (χ0n) is 13.4. The van der Waals surface area contributed by atoms with Crippen molar-refractivity contribution in [1.29, 1.82) is 0 Å². The fourth-order valence-electron chi connectivity index (χ4n) is 3.06. The molecule has 0 aromatic carbocycles. The summed E-state index contributed by atoms with van der Waals surface area (Å²) in [6.07, 6.45) is 4.54. The van der Waals surface area contributed by atoms with Crippen LogP contribution in [0.2, 0.25) is 0 Å². The Morgan fingerprint density at radius 2 is 2.00 bits per heavy atom. The number of hydrogen-bond donors (Lipinski definition) is 1. The Hall–Kier alpha value is -1.09. The maximum absolute atomic E-state index is 4.50. The van der Waals surface area contributed by atoms with Gasteiger partial charge in [0, 0.05) is 25.0 Å². The third-order valence-corrected chi connectivity index (χ3v) is 4.40. The van der Waals surface area contributed by atoms with E-state index in [1.807, 2.05) is 12.3 Å². The van der Waals surface area contributed by atoms with E-state index in [0.717, 1.165) is 19.0 Å². The van der Waals surface area contributed by atoms with E-state index in [1.165, 1.54) is 37.3 Å². The zero-order valence-corrected chi connectivity index (χ0v) is 13.4. The number of pyridine rings is 1. The first kappa shape index (κ1) is 15.3. The summed E-state index contributed by atoms with van der Waals surface area (Å²) in [6.45, 7) is 13.6. The molecule has 2 heterocycles. The zero-order chi connectivity index (χ0) is 14.6. The van der Waals surface area contributed by atoms with E-state index in [4.69, 9.17) is 0 Å². The minimum Gasteiger partial charge on any atom is -0.385 e. The number of aromatic nitrogens is 1. The van der Waals surface area contributed by atoms with Crippen molar-refractivity contribution < 1.29 is 0 Å². The van der Waals surface area contributed by atoms with Crippen LogP contribution in [0.15, 0.2) is 18.3 Å². The van der Waals surface area contributed by atoms with Gasteiger partial charge in [0.05, 0.1) is 5.69 Å². The Kier molecular flexibility index (Phi) is 5.03. The fourth-order valence-corrected chi connectivity index (χ4v) is 3.06. The second-order valence-corrected chi connectivity index (χ2v) is 6.98. The van der Waals surface area contributed by atoms with Crippen molar-refractivity contribution in [3.8, 4) is 0 Å². The minimum atomic E-state index is 0.454. The van der Waals surface area contributed by atoms with E-state index < -0.39 is 0 Å². The first-order valence-corrected chi connectivity index (χ1v) is 7.90. The molecule has 3 heteroatoms. The summed E-state index contributed by atoms with van der Waals surface area (Å²) in [7, 11) is 0. The van der Waals surface area contributed by atoms with Crippen LogP contribution in [0.5, 0.6) is 0 Å². The van der Waals surface area contributed by atoms with E-state index >= 15 is 0 Å². The van der Waals surface area contributed by atoms with Crippen LogP contribution in [-0.2, 0) is 6.54 Å². The smallest absolute Gasteiger partial charge is 0.0564 e. The second kappa shape index (κ2) is 6.57. The SMILES string of the molecule is CCNc1ccnc(CN2CCC(C(C)(C)C)CC2)c1. The lowest BCUT2D eigenvalue weighted by Crippen LogP contribution is -2.37. The highest BCUT2D eigenvalue weighted by Crippen LogP contribution is 2.34. The monoisotopic (exact) mass is 275 g/mol. The van der Waals surface area contributed by atoms with Crippen LogP contribution in [0.25, 0.3) is 0 Å². The molecule has 1 N–H and O–H groups in total. The maximum Gasteiger partial charge on any atom is 0.0564 e. The predicted octanol–water partition coefficient (Wildman–Crippen LogP) is 3.77. The molecule has 1 aromatic rings. The molecule has 0 spiro atoms. The van der Waals surface area contributed by atoms with Gasteiger partial charge in [0.15, 0.2) is 0 Å². The quantitative estimate of drug-likeness (QED) is 0.906. The standard InChI is InChI=1S/C17H29N3/c1-5-18-15-6-9-19-16(12-15)13-20-10-7-14(8-11-20)17(2,3)4/h6,9,12,14H,5,7-8,10-11,13H2,1-4H3,(H,18,19). The van der Waals surface area contributed by atoms with Gasteiger partial charge in [0.1, 0.15) is 0 Å². The van der Waals surface area contributed by atoms with Gasteiger partial charge < -0.3 is 5.32 Å². The van der Waals surface area contributed by atoms with Gasteiger partial charge >= 0.3 is 0 Å². The molecule has 20 heavy (non-hydrogen) atoms. The van der Waals surface area contributed by atoms with Gasteiger partial charge in [-0.05, 0) is 56.3 Å². The summed E-state index contributed by atoms with van der Waals surface area (Å²) in [5, 5.41) is 3.35. The summed E-state index contributed by atoms with van der Waals surface area (Å²) in [6, 6.07) is 4.22. The molecule has 2 rings (SSSR count). The van der Waals surface area contributed by atoms with Crippen LogP contribution in [-0.4, -0.2) is 29.5 Å². The van der Waals surface area contributed by atoms with Crippen molar-refractivity contribution in [1.82, 2.24) is 9.88 Å². The molecule has 0 aliphatic carbocycles. The number of piperidine rings is 1. The van der Waals surface area contributed by atoms with Crippen LogP contribution in [0.4, 0.5) is 5.69 Å². The highest BCUT2D eigenvalue weighted by atomic mass is 15.1. The Morgan fingerprint density at radius 3 is 2.60 bits per heavy atom. The molecule has 1 aromatic heterocycles. The lowest BCUT2D eigenvalue weighted by molar-refractivity contribution is 0.107. The minimum absolute atomic E-state index is 0.454. The summed E-state index contributed by atoms with van der Waals surface area (Å²) in [5.41, 5.74) is 2.81. The molecule has 112 valence electrons. The third kappa shape index (κ3) is 4.20. The second-order valence-electron chi connectivity index (χ2n) is 6.98. The van der Waals surface area contributed by atoms with Crippen molar-refractivity contribution in [2.24, 2.45) is 11.3 Å². The number of likely N-dealkylation sites (tertiary alicyclic amines) is 1. The lowest BCUT2D eigenvalue weighted by Gasteiger charge is -2.38. The average Bonchev–Trinajstić information content (AvgIpc) is 2.39. The van der Waals surface area contributed by atoms with E-state index in [-0.39, 0.29) is 0 Å². The van der Waals surface area contributed by atoms with E-state index in [0.29, 0.717) is 5.41 Å². The van der Waals surface area contributed by atoms with E-state index in [2.05, 4.69) is 49.0 Å². The molecule has 1 aliphatic rings. The number of nitrogens with zero attached hydrogens (tertiary/aromatic N) is 2. The summed E-state index contributed by atoms with van der Waals surface area (Å²) in [4.78, 5) is 7.04. The van der Waals surface area contributed by atoms with Gasteiger partial charge in [-0.15, -0.1) is 0 Å². The number of nitrogens with one attached hydrogen (secondary N) is 1. The first-order valence-electron chi connectivity index (χ1n) is 7.90. The van der Waals surface area contributed by atoms with Crippen molar-refractivity contribution in [3.05, 3.63) is 24.0 Å². The Morgan fingerprint density at radius 1 is 1.30 bits per heavy atom. The average molecular weight is 275 g/mol. The van der Waals surface area contributed by atoms with Gasteiger partial charge in [0.2, 0.25) is 0 Å². The van der Waals surface area contributed by atoms with Gasteiger partial charge in [-0.2, -0.15) is 0 Å². The molecule has 0 radical (unpaired) electrons. The lowest BCUT2D eigenvalue weighted by atomic mass is 9.75. The number of rotatable bonds is 4. The Balaban J connectivity index is 1.88. The van der Waals surface area contributed by atoms with Crippen LogP contribution in [0, 0.1) is 11.3 Å². The molecule has 0 bridgehead atoms. The largest absolute Gasteiger partial charge is 0.385 e. The van der Waals surface area contributed by atoms with Gasteiger partial charge in [-0.3, -0.25) is 9.88 Å². The molecule has 0 saturated carbocycles. The molecular weight excluding hydrogens is 246 g/mol. The molecule has 1 aliphatic heterocycles. The van der Waals surface area contributed by atoms with Gasteiger partial charge in [-0.25, -0.2) is 0 Å². The first-order chi connectivity index (χ1) is 9.49. The van der Waals surface area contributed by atoms with Crippen LogP contribution < -0.4 is 5.32 Å². The van der Waals surface area contributed by atoms with Gasteiger partial charge in [-0.1, -0.05) is 20.8 Å². The van der Waals surface area contributed by atoms with E-state index in [1.54, 1.807) is 0 Å². The van der Waals surface area contributed by atoms with Crippen LogP contribution in [0.1, 0.15) is 46.2 Å². The highest BCUT2D eigenvalue weighted by Gasteiger charge is 2.28. The van der Waals surface area contributed by atoms with Gasteiger partial charge in [0.25, 0.3) is 0 Å². The van der Waals surface area contributed by atoms with Crippen molar-refractivity contribution in [2.45, 2.75) is 47.1 Å². The van der Waals surface area contributed by atoms with E-state index in [9.17, 15) is 0 Å². The van der Waals surface area contributed by atoms with Crippen molar-refractivity contribution >= 4 is 5.69 Å². The molecule has 3 nitrogen and oxygen atoms in total. The predicted molar refractivity (Wildman–Crippen MR) is 85.9 cm³/mol. The molecule has 0 atom stereocenters. The number of anilines is 1. The van der Waals surface area contributed by atoms with Crippen LogP contribution in [0.3, 0.4) is 0 Å².